The van der Waals surface area contributed by atoms with Crippen LogP contribution in [0.15, 0.2) is 72.9 Å². The maximum absolute atomic E-state index is 12.8. The van der Waals surface area contributed by atoms with Crippen LogP contribution in [0.2, 0.25) is 0 Å². The molecular weight excluding hydrogens is 877 g/mol. The molecule has 0 rings (SSSR count). The normalized spacial score (nSPS) is 12.5. The van der Waals surface area contributed by atoms with Crippen molar-refractivity contribution in [2.24, 2.45) is 0 Å². The smallest absolute Gasteiger partial charge is 0.306 e. The third-order valence-electron chi connectivity index (χ3n) is 13.1. The van der Waals surface area contributed by atoms with Crippen LogP contribution in [0.25, 0.3) is 0 Å². The molecule has 1 unspecified atom stereocenters. The minimum atomic E-state index is -0.796. The molecule has 0 fully saturated rings. The van der Waals surface area contributed by atoms with Crippen molar-refractivity contribution in [1.82, 2.24) is 0 Å². The predicted octanol–water partition coefficient (Wildman–Crippen LogP) is 20.5. The Balaban J connectivity index is 4.21. The number of hydrogen-bond donors (Lipinski definition) is 0. The van der Waals surface area contributed by atoms with Crippen molar-refractivity contribution in [2.45, 2.75) is 309 Å². The number of allylic oxidation sites excluding steroid dienone is 12. The zero-order chi connectivity index (χ0) is 51.4. The number of rotatable bonds is 55. The molecule has 1 atom stereocenters. The van der Waals surface area contributed by atoms with Crippen molar-refractivity contribution in [1.29, 1.82) is 0 Å². The molecule has 0 aliphatic heterocycles. The lowest BCUT2D eigenvalue weighted by atomic mass is 10.0. The van der Waals surface area contributed by atoms with Gasteiger partial charge in [0.1, 0.15) is 13.2 Å². The predicted molar refractivity (Wildman–Crippen MR) is 307 cm³/mol. The summed E-state index contributed by atoms with van der Waals surface area (Å²) in [5.74, 6) is -0.927. The van der Waals surface area contributed by atoms with Crippen LogP contribution in [0, 0.1) is 0 Å². The summed E-state index contributed by atoms with van der Waals surface area (Å²) in [6.45, 7) is 6.45. The van der Waals surface area contributed by atoms with E-state index in [1.54, 1.807) is 0 Å². The molecule has 0 spiro atoms. The van der Waals surface area contributed by atoms with Gasteiger partial charge in [-0.25, -0.2) is 0 Å². The summed E-state index contributed by atoms with van der Waals surface area (Å²) < 4.78 is 16.8. The second-order valence-corrected chi connectivity index (χ2v) is 20.2. The molecule has 0 aromatic rings. The highest BCUT2D eigenvalue weighted by molar-refractivity contribution is 5.71. The first kappa shape index (κ1) is 67.8. The van der Waals surface area contributed by atoms with Crippen LogP contribution in [0.4, 0.5) is 0 Å². The highest BCUT2D eigenvalue weighted by Gasteiger charge is 2.19. The first-order valence-corrected chi connectivity index (χ1v) is 30.4. The standard InChI is InChI=1S/C65H114O6/c1-4-7-10-13-16-19-22-25-26-27-28-29-30-31-32-33-34-35-36-37-38-41-43-46-49-52-55-58-64(67)70-61-62(71-65(68)59-56-53-50-47-44-40-24-21-18-15-12-9-6-3)60-69-63(66)57-54-51-48-45-42-39-23-20-17-14-11-8-5-2/h9,11-12,14,18,20-21,23,27-28,40,44,62H,4-8,10,13,15-17,19,22,24-26,29-39,41-43,45-61H2,1-3H3/b12-9-,14-11-,21-18-,23-20-,28-27-,44-40-. The first-order valence-electron chi connectivity index (χ1n) is 30.4. The first-order chi connectivity index (χ1) is 35.0. The lowest BCUT2D eigenvalue weighted by Crippen LogP contribution is -2.30. The summed E-state index contributed by atoms with van der Waals surface area (Å²) in [5.41, 5.74) is 0. The van der Waals surface area contributed by atoms with Crippen molar-refractivity contribution < 1.29 is 28.6 Å². The Hall–Kier alpha value is -3.15. The second-order valence-electron chi connectivity index (χ2n) is 20.2. The van der Waals surface area contributed by atoms with E-state index in [-0.39, 0.29) is 31.1 Å². The molecule has 71 heavy (non-hydrogen) atoms. The van der Waals surface area contributed by atoms with Gasteiger partial charge in [-0.3, -0.25) is 14.4 Å². The van der Waals surface area contributed by atoms with Crippen LogP contribution >= 0.6 is 0 Å². The number of unbranched alkanes of at least 4 members (excludes halogenated alkanes) is 32. The topological polar surface area (TPSA) is 78.9 Å². The Morgan fingerprint density at radius 2 is 0.577 bits per heavy atom. The summed E-state index contributed by atoms with van der Waals surface area (Å²) in [6, 6.07) is 0. The van der Waals surface area contributed by atoms with E-state index in [0.717, 1.165) is 116 Å². The van der Waals surface area contributed by atoms with E-state index in [4.69, 9.17) is 14.2 Å². The quantitative estimate of drug-likeness (QED) is 0.0261. The Kier molecular flexibility index (Phi) is 56.8. The van der Waals surface area contributed by atoms with Gasteiger partial charge in [-0.1, -0.05) is 254 Å². The van der Waals surface area contributed by atoms with Crippen molar-refractivity contribution >= 4 is 17.9 Å². The number of esters is 3. The van der Waals surface area contributed by atoms with Gasteiger partial charge in [0.05, 0.1) is 0 Å². The van der Waals surface area contributed by atoms with Gasteiger partial charge in [0.2, 0.25) is 0 Å². The Labute approximate surface area is 440 Å². The van der Waals surface area contributed by atoms with Crippen molar-refractivity contribution in [3.05, 3.63) is 72.9 Å². The van der Waals surface area contributed by atoms with Gasteiger partial charge in [0, 0.05) is 19.3 Å². The van der Waals surface area contributed by atoms with Crippen LogP contribution in [0.5, 0.6) is 0 Å². The van der Waals surface area contributed by atoms with Gasteiger partial charge in [-0.15, -0.1) is 0 Å². The van der Waals surface area contributed by atoms with Gasteiger partial charge in [-0.2, -0.15) is 0 Å². The number of hydrogen-bond acceptors (Lipinski definition) is 6. The molecule has 0 aliphatic carbocycles. The Morgan fingerprint density at radius 1 is 0.296 bits per heavy atom. The molecule has 6 heteroatoms. The number of carbonyl (C=O) groups is 3. The average molecular weight is 992 g/mol. The molecule has 0 amide bonds. The lowest BCUT2D eigenvalue weighted by molar-refractivity contribution is -0.167. The molecule has 0 saturated carbocycles. The molecule has 6 nitrogen and oxygen atoms in total. The summed E-state index contributed by atoms with van der Waals surface area (Å²) in [6.07, 6.45) is 76.4. The highest BCUT2D eigenvalue weighted by atomic mass is 16.6. The molecule has 0 heterocycles. The van der Waals surface area contributed by atoms with Gasteiger partial charge >= 0.3 is 17.9 Å². The maximum Gasteiger partial charge on any atom is 0.306 e. The monoisotopic (exact) mass is 991 g/mol. The van der Waals surface area contributed by atoms with Crippen molar-refractivity contribution in [3.63, 3.8) is 0 Å². The van der Waals surface area contributed by atoms with Crippen molar-refractivity contribution in [2.75, 3.05) is 13.2 Å². The van der Waals surface area contributed by atoms with E-state index < -0.39 is 6.10 Å². The van der Waals surface area contributed by atoms with Gasteiger partial charge < -0.3 is 14.2 Å². The van der Waals surface area contributed by atoms with E-state index in [0.29, 0.717) is 19.3 Å². The highest BCUT2D eigenvalue weighted by Crippen LogP contribution is 2.16. The zero-order valence-corrected chi connectivity index (χ0v) is 47.0. The zero-order valence-electron chi connectivity index (χ0n) is 47.0. The SMILES string of the molecule is CC/C=C\C/C=C\C/C=C\CCCCCC(=O)OC(COC(=O)CCCCCCC/C=C\C/C=C\CCC)COC(=O)CCCCCCCCCCCCCCCCC/C=C\CCCCCCCCCC. The molecule has 0 bridgehead atoms. The fourth-order valence-corrected chi connectivity index (χ4v) is 8.61. The van der Waals surface area contributed by atoms with Crippen LogP contribution in [0.3, 0.4) is 0 Å². The van der Waals surface area contributed by atoms with E-state index in [9.17, 15) is 14.4 Å². The third-order valence-corrected chi connectivity index (χ3v) is 13.1. The summed E-state index contributed by atoms with van der Waals surface area (Å²) >= 11 is 0. The molecule has 0 radical (unpaired) electrons. The van der Waals surface area contributed by atoms with Crippen LogP contribution in [0.1, 0.15) is 303 Å². The molecule has 0 aromatic carbocycles. The number of ether oxygens (including phenoxy) is 3. The summed E-state index contributed by atoms with van der Waals surface area (Å²) in [7, 11) is 0. The second kappa shape index (κ2) is 59.4. The average Bonchev–Trinajstić information content (AvgIpc) is 3.37. The minimum absolute atomic E-state index is 0.0905. The molecule has 0 aliphatic rings. The van der Waals surface area contributed by atoms with Gasteiger partial charge in [0.25, 0.3) is 0 Å². The van der Waals surface area contributed by atoms with Gasteiger partial charge in [0.15, 0.2) is 6.10 Å². The van der Waals surface area contributed by atoms with Crippen LogP contribution in [-0.2, 0) is 28.6 Å². The largest absolute Gasteiger partial charge is 0.462 e. The summed E-state index contributed by atoms with van der Waals surface area (Å²) in [5, 5.41) is 0. The van der Waals surface area contributed by atoms with Crippen LogP contribution < -0.4 is 0 Å². The Bertz CT molecular complexity index is 1320. The molecule has 0 N–H and O–H groups in total. The minimum Gasteiger partial charge on any atom is -0.462 e. The van der Waals surface area contributed by atoms with E-state index in [1.165, 1.54) is 148 Å². The summed E-state index contributed by atoms with van der Waals surface area (Å²) in [4.78, 5) is 38.1. The van der Waals surface area contributed by atoms with Crippen molar-refractivity contribution in [3.8, 4) is 0 Å². The maximum atomic E-state index is 12.8. The molecule has 410 valence electrons. The van der Waals surface area contributed by atoms with E-state index in [1.807, 2.05) is 0 Å². The fourth-order valence-electron chi connectivity index (χ4n) is 8.61. The molecule has 0 saturated heterocycles. The fraction of sp³-hybridized carbons (Fsp3) is 0.769. The third kappa shape index (κ3) is 57.6. The lowest BCUT2D eigenvalue weighted by Gasteiger charge is -2.18. The number of carbonyl (C=O) groups excluding carboxylic acids is 3. The molecular formula is C65H114O6. The molecule has 0 aromatic heterocycles. The van der Waals surface area contributed by atoms with E-state index >= 15 is 0 Å². The van der Waals surface area contributed by atoms with E-state index in [2.05, 4.69) is 93.7 Å². The van der Waals surface area contributed by atoms with Gasteiger partial charge in [-0.05, 0) is 103 Å². The van der Waals surface area contributed by atoms with Crippen LogP contribution in [-0.4, -0.2) is 37.2 Å². The Morgan fingerprint density at radius 3 is 0.944 bits per heavy atom.